The Kier molecular flexibility index (Phi) is 9.68. The van der Waals surface area contributed by atoms with Crippen LogP contribution in [0.15, 0.2) is 30.6 Å². The minimum Gasteiger partial charge on any atom is -0.496 e. The van der Waals surface area contributed by atoms with Crippen LogP contribution in [0.2, 0.25) is 0 Å². The molecule has 14 heteroatoms. The van der Waals surface area contributed by atoms with Gasteiger partial charge in [-0.2, -0.15) is 13.2 Å². The summed E-state index contributed by atoms with van der Waals surface area (Å²) in [5.41, 5.74) is 0.179. The molecule has 1 aromatic carbocycles. The van der Waals surface area contributed by atoms with Gasteiger partial charge in [0.05, 0.1) is 43.3 Å². The number of piperidine rings is 1. The van der Waals surface area contributed by atoms with Gasteiger partial charge in [-0.1, -0.05) is 17.4 Å². The van der Waals surface area contributed by atoms with E-state index >= 15 is 0 Å². The average Bonchev–Trinajstić information content (AvgIpc) is 3.61. The number of rotatable bonds is 9. The fourth-order valence-electron chi connectivity index (χ4n) is 5.59. The van der Waals surface area contributed by atoms with Crippen molar-refractivity contribution < 1.29 is 32.2 Å². The number of nitrogens with zero attached hydrogens (tertiary/aromatic N) is 5. The Hall–Kier alpha value is -3.78. The maximum Gasteiger partial charge on any atom is 0.419 e. The summed E-state index contributed by atoms with van der Waals surface area (Å²) < 4.78 is 50.7. The molecule has 2 saturated heterocycles. The molecule has 44 heavy (non-hydrogen) atoms. The van der Waals surface area contributed by atoms with E-state index in [0.29, 0.717) is 67.3 Å². The lowest BCUT2D eigenvalue weighted by Gasteiger charge is -2.31. The van der Waals surface area contributed by atoms with Gasteiger partial charge in [0.1, 0.15) is 17.3 Å². The summed E-state index contributed by atoms with van der Waals surface area (Å²) in [6, 6.07) is 4.06. The molecule has 0 aliphatic carbocycles. The highest BCUT2D eigenvalue weighted by Gasteiger charge is 2.35. The van der Waals surface area contributed by atoms with Crippen LogP contribution in [0, 0.1) is 5.92 Å². The molecule has 10 nitrogen and oxygen atoms in total. The van der Waals surface area contributed by atoms with Crippen molar-refractivity contribution >= 4 is 34.2 Å². The molecule has 3 aromatic rings. The molecule has 0 bridgehead atoms. The number of hydrogen-bond acceptors (Lipinski definition) is 10. The number of nitrogens with one attached hydrogen (secondary N) is 1. The lowest BCUT2D eigenvalue weighted by atomic mass is 9.97. The van der Waals surface area contributed by atoms with E-state index in [1.54, 1.807) is 6.92 Å². The molecule has 1 atom stereocenters. The predicted molar refractivity (Wildman–Crippen MR) is 160 cm³/mol. The summed E-state index contributed by atoms with van der Waals surface area (Å²) in [4.78, 5) is 43.6. The Morgan fingerprint density at radius 1 is 1.11 bits per heavy atom. The van der Waals surface area contributed by atoms with Gasteiger partial charge in [-0.05, 0) is 58.2 Å². The monoisotopic (exact) mass is 632 g/mol. The number of carbonyl (C=O) groups excluding carboxylic acids is 2. The lowest BCUT2D eigenvalue weighted by molar-refractivity contribution is -0.148. The number of methoxy groups -OCH3 is 1. The quantitative estimate of drug-likeness (QED) is 0.300. The number of anilines is 2. The number of ether oxygens (including phenoxy) is 2. The van der Waals surface area contributed by atoms with E-state index < -0.39 is 17.6 Å². The van der Waals surface area contributed by atoms with Crippen molar-refractivity contribution in [2.45, 2.75) is 58.3 Å². The molecule has 4 heterocycles. The van der Waals surface area contributed by atoms with Gasteiger partial charge >= 0.3 is 12.1 Å². The standard InChI is InChI=1S/C30H35F3N6O4S/c1-4-43-28(41)19-9-12-38(13-10-19)25-16-34-22(15-35-25)27(40)37-29-36-26(24(44-29)17-39-11-5-6-18(39)2)20-7-8-21(30(31,32)33)23(14-20)42-3/h7-8,14-16,18-19H,4-6,9-13,17H2,1-3H3,(H,36,37,40)/t18-/m1/s1. The van der Waals surface area contributed by atoms with Crippen LogP contribution in [0.5, 0.6) is 5.75 Å². The smallest absolute Gasteiger partial charge is 0.419 e. The van der Waals surface area contributed by atoms with Gasteiger partial charge in [-0.15, -0.1) is 0 Å². The fraction of sp³-hybridized carbons (Fsp3) is 0.500. The highest BCUT2D eigenvalue weighted by atomic mass is 32.1. The van der Waals surface area contributed by atoms with Crippen LogP contribution in [-0.4, -0.2) is 71.1 Å². The third-order valence-electron chi connectivity index (χ3n) is 8.05. The molecule has 5 rings (SSSR count). The normalized spacial score (nSPS) is 18.0. The number of amides is 1. The van der Waals surface area contributed by atoms with E-state index in [1.165, 1.54) is 43.0 Å². The Balaban J connectivity index is 1.32. The van der Waals surface area contributed by atoms with Gasteiger partial charge < -0.3 is 14.4 Å². The van der Waals surface area contributed by atoms with E-state index in [1.807, 2.05) is 4.90 Å². The topological polar surface area (TPSA) is 110 Å². The number of halogens is 3. The van der Waals surface area contributed by atoms with E-state index in [0.717, 1.165) is 30.3 Å². The minimum atomic E-state index is -4.56. The SMILES string of the molecule is CCOC(=O)C1CCN(c2cnc(C(=O)Nc3nc(-c4ccc(C(F)(F)F)c(OC)c4)c(CN4CCC[C@H]4C)s3)cn2)CC1. The Bertz CT molecular complexity index is 1470. The average molecular weight is 633 g/mol. The Morgan fingerprint density at radius 3 is 2.50 bits per heavy atom. The molecule has 2 aliphatic rings. The molecule has 2 aliphatic heterocycles. The van der Waals surface area contributed by atoms with Crippen molar-refractivity contribution in [3.63, 3.8) is 0 Å². The molecular formula is C30H35F3N6O4S. The van der Waals surface area contributed by atoms with Gasteiger partial charge in [0.15, 0.2) is 5.13 Å². The number of carbonyl (C=O) groups is 2. The molecule has 1 amide bonds. The largest absolute Gasteiger partial charge is 0.496 e. The van der Waals surface area contributed by atoms with Crippen LogP contribution in [0.1, 0.15) is 60.5 Å². The summed E-state index contributed by atoms with van der Waals surface area (Å²) in [6.07, 6.45) is 1.78. The first-order chi connectivity index (χ1) is 21.1. The highest BCUT2D eigenvalue weighted by Crippen LogP contribution is 2.40. The third-order valence-corrected chi connectivity index (χ3v) is 9.00. The van der Waals surface area contributed by atoms with E-state index in [9.17, 15) is 22.8 Å². The predicted octanol–water partition coefficient (Wildman–Crippen LogP) is 5.64. The van der Waals surface area contributed by atoms with Crippen LogP contribution in [0.4, 0.5) is 24.1 Å². The lowest BCUT2D eigenvalue weighted by Crippen LogP contribution is -2.37. The molecule has 0 saturated carbocycles. The molecule has 0 radical (unpaired) electrons. The second-order valence-corrected chi connectivity index (χ2v) is 12.0. The van der Waals surface area contributed by atoms with Crippen molar-refractivity contribution in [2.24, 2.45) is 5.92 Å². The first-order valence-electron chi connectivity index (χ1n) is 14.6. The van der Waals surface area contributed by atoms with Gasteiger partial charge in [0.2, 0.25) is 0 Å². The second-order valence-electron chi connectivity index (χ2n) is 10.9. The summed E-state index contributed by atoms with van der Waals surface area (Å²) in [6.45, 7) is 6.99. The number of thiazole rings is 1. The van der Waals surface area contributed by atoms with Crippen molar-refractivity contribution in [1.29, 1.82) is 0 Å². The number of esters is 1. The Morgan fingerprint density at radius 2 is 1.89 bits per heavy atom. The first kappa shape index (κ1) is 31.6. The van der Waals surface area contributed by atoms with Crippen LogP contribution >= 0.6 is 11.3 Å². The molecule has 0 spiro atoms. The van der Waals surface area contributed by atoms with Crippen molar-refractivity contribution in [1.82, 2.24) is 19.9 Å². The summed E-state index contributed by atoms with van der Waals surface area (Å²) >= 11 is 1.28. The number of aromatic nitrogens is 3. The summed E-state index contributed by atoms with van der Waals surface area (Å²) in [5.74, 6) is -0.495. The molecule has 2 fully saturated rings. The highest BCUT2D eigenvalue weighted by molar-refractivity contribution is 7.16. The molecule has 1 N–H and O–H groups in total. The van der Waals surface area contributed by atoms with Crippen LogP contribution < -0.4 is 15.0 Å². The number of likely N-dealkylation sites (tertiary alicyclic amines) is 1. The summed E-state index contributed by atoms with van der Waals surface area (Å²) in [5, 5.41) is 3.09. The summed E-state index contributed by atoms with van der Waals surface area (Å²) in [7, 11) is 1.20. The second kappa shape index (κ2) is 13.5. The van der Waals surface area contributed by atoms with Crippen molar-refractivity contribution in [2.75, 3.05) is 43.6 Å². The molecule has 2 aromatic heterocycles. The zero-order valence-electron chi connectivity index (χ0n) is 24.8. The van der Waals surface area contributed by atoms with Crippen LogP contribution in [-0.2, 0) is 22.3 Å². The Labute approximate surface area is 257 Å². The molecule has 236 valence electrons. The maximum atomic E-state index is 13.5. The molecule has 0 unspecified atom stereocenters. The van der Waals surface area contributed by atoms with E-state index in [2.05, 4.69) is 32.1 Å². The van der Waals surface area contributed by atoms with Gasteiger partial charge in [-0.25, -0.2) is 15.0 Å². The zero-order valence-corrected chi connectivity index (χ0v) is 25.6. The van der Waals surface area contributed by atoms with Crippen LogP contribution in [0.25, 0.3) is 11.3 Å². The maximum absolute atomic E-state index is 13.5. The zero-order chi connectivity index (χ0) is 31.4. The number of benzene rings is 1. The van der Waals surface area contributed by atoms with E-state index in [4.69, 9.17) is 9.47 Å². The van der Waals surface area contributed by atoms with Crippen molar-refractivity contribution in [3.8, 4) is 17.0 Å². The van der Waals surface area contributed by atoms with Gasteiger partial charge in [0, 0.05) is 36.1 Å². The molecular weight excluding hydrogens is 597 g/mol. The van der Waals surface area contributed by atoms with Gasteiger partial charge in [-0.3, -0.25) is 19.8 Å². The van der Waals surface area contributed by atoms with Crippen molar-refractivity contribution in [3.05, 3.63) is 46.7 Å². The van der Waals surface area contributed by atoms with E-state index in [-0.39, 0.29) is 23.3 Å². The number of alkyl halides is 3. The minimum absolute atomic E-state index is 0.0952. The number of hydrogen-bond donors (Lipinski definition) is 1. The third kappa shape index (κ3) is 7.12. The van der Waals surface area contributed by atoms with Gasteiger partial charge in [0.25, 0.3) is 5.91 Å². The van der Waals surface area contributed by atoms with Crippen LogP contribution in [0.3, 0.4) is 0 Å². The first-order valence-corrected chi connectivity index (χ1v) is 15.4. The fourth-order valence-corrected chi connectivity index (χ4v) is 6.59.